The Morgan fingerprint density at radius 2 is 2.04 bits per heavy atom. The number of primary amides is 1. The van der Waals surface area contributed by atoms with Crippen LogP contribution in [-0.2, 0) is 14.6 Å². The van der Waals surface area contributed by atoms with Crippen LogP contribution in [0.15, 0.2) is 0 Å². The first-order valence-electron chi connectivity index (χ1n) is 8.63. The van der Waals surface area contributed by atoms with E-state index in [9.17, 15) is 13.2 Å². The summed E-state index contributed by atoms with van der Waals surface area (Å²) in [6.45, 7) is 1.69. The number of likely N-dealkylation sites (N-methyl/N-ethyl adjacent to an activating group) is 1. The van der Waals surface area contributed by atoms with Gasteiger partial charge in [-0.15, -0.1) is 0 Å². The van der Waals surface area contributed by atoms with E-state index in [1.54, 1.807) is 0 Å². The van der Waals surface area contributed by atoms with Crippen LogP contribution in [0.4, 0.5) is 0 Å². The topological polar surface area (TPSA) is 83.7 Å². The number of fused-ring (bicyclic) bond motifs is 2. The number of nitrogens with two attached hydrogens (primary N) is 1. The molecule has 3 heterocycles. The molecule has 1 amide bonds. The fraction of sp³-hybridized carbons (Fsp3) is 0.875. The third-order valence-electron chi connectivity index (χ3n) is 6.10. The minimum atomic E-state index is -2.82. The number of sulfone groups is 1. The van der Waals surface area contributed by atoms with Gasteiger partial charge in [0.15, 0.2) is 0 Å². The Morgan fingerprint density at radius 3 is 2.70 bits per heavy atom. The van der Waals surface area contributed by atoms with Crippen molar-refractivity contribution in [3.63, 3.8) is 0 Å². The lowest BCUT2D eigenvalue weighted by molar-refractivity contribution is -0.130. The van der Waals surface area contributed by atoms with Crippen LogP contribution in [0.3, 0.4) is 0 Å². The Morgan fingerprint density at radius 1 is 1.35 bits per heavy atom. The van der Waals surface area contributed by atoms with E-state index in [4.69, 9.17) is 5.73 Å². The zero-order chi connectivity index (χ0) is 16.7. The molecule has 0 aliphatic carbocycles. The third kappa shape index (κ3) is 3.28. The van der Waals surface area contributed by atoms with Gasteiger partial charge in [-0.3, -0.25) is 9.69 Å². The molecule has 3 aliphatic heterocycles. The van der Waals surface area contributed by atoms with Gasteiger partial charge < -0.3 is 10.6 Å². The van der Waals surface area contributed by atoms with Crippen molar-refractivity contribution in [1.82, 2.24) is 9.80 Å². The van der Waals surface area contributed by atoms with Gasteiger partial charge >= 0.3 is 0 Å². The van der Waals surface area contributed by atoms with E-state index in [0.29, 0.717) is 23.6 Å². The minimum Gasteiger partial charge on any atom is -0.368 e. The number of nitrogens with zero attached hydrogens (tertiary/aromatic N) is 2. The molecule has 6 nitrogen and oxygen atoms in total. The van der Waals surface area contributed by atoms with Crippen molar-refractivity contribution in [3.8, 4) is 0 Å². The Labute approximate surface area is 139 Å². The van der Waals surface area contributed by atoms with Gasteiger partial charge in [-0.2, -0.15) is 0 Å². The first-order chi connectivity index (χ1) is 10.8. The second-order valence-corrected chi connectivity index (χ2v) is 9.68. The number of hydrogen-bond acceptors (Lipinski definition) is 5. The number of piperidine rings is 1. The molecule has 2 atom stereocenters. The van der Waals surface area contributed by atoms with Crippen molar-refractivity contribution in [3.05, 3.63) is 6.42 Å². The van der Waals surface area contributed by atoms with Gasteiger partial charge in [0.2, 0.25) is 5.91 Å². The molecule has 3 aliphatic rings. The predicted molar refractivity (Wildman–Crippen MR) is 89.5 cm³/mol. The van der Waals surface area contributed by atoms with E-state index in [1.807, 2.05) is 0 Å². The average molecular weight is 342 g/mol. The van der Waals surface area contributed by atoms with Gasteiger partial charge in [0, 0.05) is 25.2 Å². The van der Waals surface area contributed by atoms with Gasteiger partial charge in [-0.25, -0.2) is 8.42 Å². The molecule has 7 heteroatoms. The average Bonchev–Trinajstić information content (AvgIpc) is 2.70. The molecule has 3 rings (SSSR count). The SMILES string of the molecule is CN(CCN1[C@@H]2C[CH]C[C@@]1(C(N)=O)CC2)C1CCS(=O)(=O)CC1. The fourth-order valence-corrected chi connectivity index (χ4v) is 6.03. The second kappa shape index (κ2) is 6.33. The summed E-state index contributed by atoms with van der Waals surface area (Å²) < 4.78 is 23.1. The summed E-state index contributed by atoms with van der Waals surface area (Å²) in [5.74, 6) is 0.408. The molecular formula is C16H28N3O3S. The lowest BCUT2D eigenvalue weighted by atomic mass is 9.87. The minimum absolute atomic E-state index is 0.192. The highest BCUT2D eigenvalue weighted by atomic mass is 32.2. The molecule has 2 bridgehead atoms. The number of hydrogen-bond donors (Lipinski definition) is 1. The number of carbonyl (C=O) groups excluding carboxylic acids is 1. The van der Waals surface area contributed by atoms with Crippen molar-refractivity contribution in [2.45, 2.75) is 56.1 Å². The lowest BCUT2D eigenvalue weighted by Crippen LogP contribution is -2.59. The van der Waals surface area contributed by atoms with Crippen LogP contribution in [0, 0.1) is 6.42 Å². The summed E-state index contributed by atoms with van der Waals surface area (Å²) >= 11 is 0. The van der Waals surface area contributed by atoms with Crippen LogP contribution in [0.5, 0.6) is 0 Å². The Hall–Kier alpha value is -0.660. The molecule has 0 spiro atoms. The number of carbonyl (C=O) groups is 1. The van der Waals surface area contributed by atoms with Crippen molar-refractivity contribution in [2.75, 3.05) is 31.6 Å². The number of amides is 1. The van der Waals surface area contributed by atoms with Gasteiger partial charge in [0.25, 0.3) is 0 Å². The van der Waals surface area contributed by atoms with E-state index in [2.05, 4.69) is 23.3 Å². The van der Waals surface area contributed by atoms with Gasteiger partial charge in [-0.05, 0) is 52.0 Å². The first kappa shape index (κ1) is 17.2. The molecule has 0 aromatic carbocycles. The van der Waals surface area contributed by atoms with Crippen molar-refractivity contribution >= 4 is 15.7 Å². The Balaban J connectivity index is 1.58. The van der Waals surface area contributed by atoms with Crippen LogP contribution < -0.4 is 5.73 Å². The third-order valence-corrected chi connectivity index (χ3v) is 7.82. The van der Waals surface area contributed by atoms with Gasteiger partial charge in [0.1, 0.15) is 15.4 Å². The Bertz CT molecular complexity index is 547. The van der Waals surface area contributed by atoms with E-state index in [0.717, 1.165) is 51.6 Å². The van der Waals surface area contributed by atoms with Crippen LogP contribution in [0.25, 0.3) is 0 Å². The number of rotatable bonds is 5. The molecule has 2 N–H and O–H groups in total. The molecule has 0 unspecified atom stereocenters. The largest absolute Gasteiger partial charge is 0.368 e. The van der Waals surface area contributed by atoms with Crippen LogP contribution in [0.2, 0.25) is 0 Å². The van der Waals surface area contributed by atoms with Crippen molar-refractivity contribution in [2.24, 2.45) is 5.73 Å². The van der Waals surface area contributed by atoms with Crippen LogP contribution in [-0.4, -0.2) is 73.4 Å². The zero-order valence-electron chi connectivity index (χ0n) is 13.9. The van der Waals surface area contributed by atoms with Crippen LogP contribution >= 0.6 is 0 Å². The van der Waals surface area contributed by atoms with E-state index < -0.39 is 15.4 Å². The molecule has 0 aromatic heterocycles. The molecular weight excluding hydrogens is 314 g/mol. The standard InChI is InChI=1S/C16H28N3O3S/c1-18(13-5-11-23(21,22)12-6-13)9-10-19-14-3-2-7-16(19,8-4-14)15(17)20/h2,13-14H,3-12H2,1H3,(H2,17,20)/t14-,16+/m1/s1. The maximum Gasteiger partial charge on any atom is 0.237 e. The lowest BCUT2D eigenvalue weighted by Gasteiger charge is -2.43. The highest BCUT2D eigenvalue weighted by Crippen LogP contribution is 2.43. The normalized spacial score (nSPS) is 34.8. The van der Waals surface area contributed by atoms with Crippen LogP contribution in [0.1, 0.15) is 38.5 Å². The molecule has 131 valence electrons. The van der Waals surface area contributed by atoms with Gasteiger partial charge in [0.05, 0.1) is 11.5 Å². The maximum absolute atomic E-state index is 12.0. The molecule has 1 radical (unpaired) electrons. The van der Waals surface area contributed by atoms with Crippen molar-refractivity contribution < 1.29 is 13.2 Å². The maximum atomic E-state index is 12.0. The first-order valence-corrected chi connectivity index (χ1v) is 10.5. The van der Waals surface area contributed by atoms with Gasteiger partial charge in [-0.1, -0.05) is 0 Å². The summed E-state index contributed by atoms with van der Waals surface area (Å²) in [6.07, 6.45) is 7.38. The molecule has 3 saturated heterocycles. The smallest absolute Gasteiger partial charge is 0.237 e. The summed E-state index contributed by atoms with van der Waals surface area (Å²) in [5, 5.41) is 0. The fourth-order valence-electron chi connectivity index (χ4n) is 4.56. The zero-order valence-corrected chi connectivity index (χ0v) is 14.7. The monoisotopic (exact) mass is 342 g/mol. The van der Waals surface area contributed by atoms with E-state index in [-0.39, 0.29) is 5.91 Å². The Kier molecular flexibility index (Phi) is 4.73. The summed E-state index contributed by atoms with van der Waals surface area (Å²) in [7, 11) is -0.749. The molecule has 0 saturated carbocycles. The summed E-state index contributed by atoms with van der Waals surface area (Å²) in [4.78, 5) is 16.6. The predicted octanol–water partition coefficient (Wildman–Crippen LogP) is 0.182. The molecule has 0 aromatic rings. The highest BCUT2D eigenvalue weighted by Gasteiger charge is 2.52. The summed E-state index contributed by atoms with van der Waals surface area (Å²) in [6, 6.07) is 0.772. The van der Waals surface area contributed by atoms with E-state index in [1.165, 1.54) is 0 Å². The quantitative estimate of drug-likeness (QED) is 0.771. The second-order valence-electron chi connectivity index (χ2n) is 7.37. The highest BCUT2D eigenvalue weighted by molar-refractivity contribution is 7.91. The summed E-state index contributed by atoms with van der Waals surface area (Å²) in [5.41, 5.74) is 5.26. The van der Waals surface area contributed by atoms with Crippen molar-refractivity contribution in [1.29, 1.82) is 0 Å². The molecule has 3 fully saturated rings. The molecule has 23 heavy (non-hydrogen) atoms. The van der Waals surface area contributed by atoms with E-state index >= 15 is 0 Å².